The maximum absolute atomic E-state index is 12.4. The molecule has 0 spiro atoms. The molecule has 0 N–H and O–H groups in total. The zero-order valence-electron chi connectivity index (χ0n) is 13.1. The molecule has 1 fully saturated rings. The highest BCUT2D eigenvalue weighted by Gasteiger charge is 2.30. The first-order chi connectivity index (χ1) is 10.7. The Bertz CT molecular complexity index is 565. The lowest BCUT2D eigenvalue weighted by molar-refractivity contribution is -0.133. The van der Waals surface area contributed by atoms with E-state index >= 15 is 0 Å². The lowest BCUT2D eigenvalue weighted by atomic mass is 10.1. The Kier molecular flexibility index (Phi) is 4.43. The predicted molar refractivity (Wildman–Crippen MR) is 84.5 cm³/mol. The minimum absolute atomic E-state index is 0.0198. The smallest absolute Gasteiger partial charge is 0.254 e. The highest BCUT2D eigenvalue weighted by atomic mass is 16.2. The number of hydrogen-bond donors (Lipinski definition) is 0. The predicted octanol–water partition coefficient (Wildman–Crippen LogP) is 1.20. The van der Waals surface area contributed by atoms with Gasteiger partial charge >= 0.3 is 0 Å². The Balaban J connectivity index is 1.54. The summed E-state index contributed by atoms with van der Waals surface area (Å²) in [7, 11) is 0. The SMILES string of the molecule is CCCN1CCN(C(=O)CN2Cc3ccccc3C2=O)CC1. The number of piperazine rings is 1. The molecule has 1 saturated heterocycles. The van der Waals surface area contributed by atoms with E-state index in [1.807, 2.05) is 29.2 Å². The average Bonchev–Trinajstić information content (AvgIpc) is 2.85. The van der Waals surface area contributed by atoms with E-state index in [2.05, 4.69) is 11.8 Å². The number of carbonyl (C=O) groups is 2. The first-order valence-corrected chi connectivity index (χ1v) is 8.06. The number of carbonyl (C=O) groups excluding carboxylic acids is 2. The van der Waals surface area contributed by atoms with E-state index < -0.39 is 0 Å². The van der Waals surface area contributed by atoms with Gasteiger partial charge in [-0.2, -0.15) is 0 Å². The minimum atomic E-state index is -0.0198. The van der Waals surface area contributed by atoms with Crippen molar-refractivity contribution in [3.63, 3.8) is 0 Å². The van der Waals surface area contributed by atoms with E-state index in [1.54, 1.807) is 4.90 Å². The molecule has 0 aliphatic carbocycles. The Hall–Kier alpha value is -1.88. The van der Waals surface area contributed by atoms with Gasteiger partial charge in [0, 0.05) is 38.3 Å². The van der Waals surface area contributed by atoms with E-state index in [0.29, 0.717) is 6.54 Å². The molecule has 5 heteroatoms. The summed E-state index contributed by atoms with van der Waals surface area (Å²) in [5.74, 6) is 0.0471. The van der Waals surface area contributed by atoms with Crippen LogP contribution in [0.1, 0.15) is 29.3 Å². The summed E-state index contributed by atoms with van der Waals surface area (Å²) in [6.45, 7) is 7.44. The van der Waals surface area contributed by atoms with Crippen LogP contribution in [-0.4, -0.2) is 65.8 Å². The summed E-state index contributed by atoms with van der Waals surface area (Å²) >= 11 is 0. The normalized spacial score (nSPS) is 18.7. The zero-order valence-corrected chi connectivity index (χ0v) is 13.1. The number of hydrogen-bond acceptors (Lipinski definition) is 3. The minimum Gasteiger partial charge on any atom is -0.339 e. The fourth-order valence-electron chi connectivity index (χ4n) is 3.24. The molecule has 2 aliphatic rings. The number of rotatable bonds is 4. The largest absolute Gasteiger partial charge is 0.339 e. The second kappa shape index (κ2) is 6.48. The Morgan fingerprint density at radius 3 is 2.55 bits per heavy atom. The first-order valence-electron chi connectivity index (χ1n) is 8.06. The average molecular weight is 301 g/mol. The third-order valence-electron chi connectivity index (χ3n) is 4.49. The Morgan fingerprint density at radius 2 is 1.86 bits per heavy atom. The van der Waals surface area contributed by atoms with Gasteiger partial charge in [-0.05, 0) is 24.6 Å². The standard InChI is InChI=1S/C17H23N3O2/c1-2-7-18-8-10-19(11-9-18)16(21)13-20-12-14-5-3-4-6-15(14)17(20)22/h3-6H,2,7-13H2,1H3. The lowest BCUT2D eigenvalue weighted by Crippen LogP contribution is -2.51. The molecular formula is C17H23N3O2. The van der Waals surface area contributed by atoms with Gasteiger partial charge < -0.3 is 9.80 Å². The third kappa shape index (κ3) is 2.99. The topological polar surface area (TPSA) is 43.9 Å². The highest BCUT2D eigenvalue weighted by Crippen LogP contribution is 2.22. The van der Waals surface area contributed by atoms with Gasteiger partial charge in [-0.1, -0.05) is 25.1 Å². The Labute approximate surface area is 131 Å². The molecule has 1 aromatic carbocycles. The quantitative estimate of drug-likeness (QED) is 0.839. The van der Waals surface area contributed by atoms with Crippen molar-refractivity contribution < 1.29 is 9.59 Å². The van der Waals surface area contributed by atoms with Crippen LogP contribution in [0.25, 0.3) is 0 Å². The van der Waals surface area contributed by atoms with Crippen LogP contribution in [0.3, 0.4) is 0 Å². The van der Waals surface area contributed by atoms with Crippen LogP contribution < -0.4 is 0 Å². The van der Waals surface area contributed by atoms with Crippen molar-refractivity contribution in [2.24, 2.45) is 0 Å². The van der Waals surface area contributed by atoms with Crippen LogP contribution in [0.5, 0.6) is 0 Å². The van der Waals surface area contributed by atoms with Crippen LogP contribution in [0.15, 0.2) is 24.3 Å². The first kappa shape index (κ1) is 15.0. The fraction of sp³-hybridized carbons (Fsp3) is 0.529. The van der Waals surface area contributed by atoms with Gasteiger partial charge in [-0.3, -0.25) is 14.5 Å². The summed E-state index contributed by atoms with van der Waals surface area (Å²) in [5.41, 5.74) is 1.76. The van der Waals surface area contributed by atoms with E-state index in [0.717, 1.165) is 50.3 Å². The van der Waals surface area contributed by atoms with Crippen molar-refractivity contribution in [2.75, 3.05) is 39.3 Å². The van der Waals surface area contributed by atoms with Crippen LogP contribution in [0.4, 0.5) is 0 Å². The van der Waals surface area contributed by atoms with E-state index in [9.17, 15) is 9.59 Å². The zero-order chi connectivity index (χ0) is 15.5. The molecular weight excluding hydrogens is 278 g/mol. The molecule has 1 aromatic rings. The molecule has 2 amide bonds. The van der Waals surface area contributed by atoms with Crippen molar-refractivity contribution in [1.29, 1.82) is 0 Å². The monoisotopic (exact) mass is 301 g/mol. The van der Waals surface area contributed by atoms with Crippen molar-refractivity contribution in [3.8, 4) is 0 Å². The van der Waals surface area contributed by atoms with E-state index in [4.69, 9.17) is 0 Å². The van der Waals surface area contributed by atoms with Crippen LogP contribution in [0, 0.1) is 0 Å². The maximum atomic E-state index is 12.4. The number of amides is 2. The number of nitrogens with zero attached hydrogens (tertiary/aromatic N) is 3. The molecule has 22 heavy (non-hydrogen) atoms. The summed E-state index contributed by atoms with van der Waals surface area (Å²) in [4.78, 5) is 30.7. The van der Waals surface area contributed by atoms with E-state index in [1.165, 1.54) is 0 Å². The second-order valence-corrected chi connectivity index (χ2v) is 6.04. The molecule has 3 rings (SSSR count). The van der Waals surface area contributed by atoms with Crippen LogP contribution in [-0.2, 0) is 11.3 Å². The van der Waals surface area contributed by atoms with Crippen LogP contribution >= 0.6 is 0 Å². The summed E-state index contributed by atoms with van der Waals surface area (Å²) in [6.07, 6.45) is 1.15. The molecule has 0 atom stereocenters. The Morgan fingerprint density at radius 1 is 1.14 bits per heavy atom. The lowest BCUT2D eigenvalue weighted by Gasteiger charge is -2.35. The second-order valence-electron chi connectivity index (χ2n) is 6.04. The number of fused-ring (bicyclic) bond motifs is 1. The van der Waals surface area contributed by atoms with Gasteiger partial charge in [0.1, 0.15) is 6.54 Å². The summed E-state index contributed by atoms with van der Waals surface area (Å²) in [6, 6.07) is 7.60. The van der Waals surface area contributed by atoms with Crippen LogP contribution in [0.2, 0.25) is 0 Å². The molecule has 2 aliphatic heterocycles. The molecule has 5 nitrogen and oxygen atoms in total. The van der Waals surface area contributed by atoms with Crippen molar-refractivity contribution >= 4 is 11.8 Å². The molecule has 0 unspecified atom stereocenters. The van der Waals surface area contributed by atoms with Gasteiger partial charge in [-0.15, -0.1) is 0 Å². The van der Waals surface area contributed by atoms with Gasteiger partial charge in [0.2, 0.25) is 5.91 Å². The third-order valence-corrected chi connectivity index (χ3v) is 4.49. The van der Waals surface area contributed by atoms with Gasteiger partial charge in [-0.25, -0.2) is 0 Å². The van der Waals surface area contributed by atoms with Crippen molar-refractivity contribution in [2.45, 2.75) is 19.9 Å². The van der Waals surface area contributed by atoms with Gasteiger partial charge in [0.15, 0.2) is 0 Å². The van der Waals surface area contributed by atoms with Crippen molar-refractivity contribution in [3.05, 3.63) is 35.4 Å². The molecule has 118 valence electrons. The molecule has 0 saturated carbocycles. The summed E-state index contributed by atoms with van der Waals surface area (Å²) < 4.78 is 0. The van der Waals surface area contributed by atoms with Gasteiger partial charge in [0.05, 0.1) is 0 Å². The molecule has 0 aromatic heterocycles. The van der Waals surface area contributed by atoms with E-state index in [-0.39, 0.29) is 18.4 Å². The highest BCUT2D eigenvalue weighted by molar-refractivity contribution is 6.00. The maximum Gasteiger partial charge on any atom is 0.254 e. The fourth-order valence-corrected chi connectivity index (χ4v) is 3.24. The summed E-state index contributed by atoms with van der Waals surface area (Å²) in [5, 5.41) is 0. The van der Waals surface area contributed by atoms with Crippen molar-refractivity contribution in [1.82, 2.24) is 14.7 Å². The molecule has 0 bridgehead atoms. The molecule has 0 radical (unpaired) electrons. The van der Waals surface area contributed by atoms with Gasteiger partial charge in [0.25, 0.3) is 5.91 Å². The molecule has 2 heterocycles. The number of benzene rings is 1.